The Hall–Kier alpha value is -1.87. The number of aliphatic hydroxyl groups excluding tert-OH is 1. The summed E-state index contributed by atoms with van der Waals surface area (Å²) in [6.07, 6.45) is 16.4. The molecule has 0 radical (unpaired) electrons. The Balaban J connectivity index is 1.56. The van der Waals surface area contributed by atoms with Gasteiger partial charge in [0.1, 0.15) is 0 Å². The van der Waals surface area contributed by atoms with E-state index >= 15 is 0 Å². The van der Waals surface area contributed by atoms with Crippen molar-refractivity contribution in [2.24, 2.45) is 0 Å². The highest BCUT2D eigenvalue weighted by Gasteiger charge is 2.31. The third-order valence-corrected chi connectivity index (χ3v) is 5.85. The van der Waals surface area contributed by atoms with Crippen LogP contribution in [0.2, 0.25) is 0 Å². The lowest BCUT2D eigenvalue weighted by molar-refractivity contribution is -0.117. The molecule has 146 valence electrons. The molecule has 0 aromatic heterocycles. The molecule has 1 aliphatic carbocycles. The van der Waals surface area contributed by atoms with Crippen molar-refractivity contribution in [1.82, 2.24) is 0 Å². The summed E-state index contributed by atoms with van der Waals surface area (Å²) in [4.78, 5) is 14.4. The van der Waals surface area contributed by atoms with Gasteiger partial charge in [0.15, 0.2) is 0 Å². The number of allylic oxidation sites excluding steroid dienone is 4. The van der Waals surface area contributed by atoms with Crippen LogP contribution >= 0.6 is 0 Å². The molecule has 27 heavy (non-hydrogen) atoms. The third-order valence-electron chi connectivity index (χ3n) is 5.85. The number of rotatable bonds is 10. The van der Waals surface area contributed by atoms with E-state index in [0.717, 1.165) is 69.0 Å². The Morgan fingerprint density at radius 2 is 2.00 bits per heavy atom. The maximum absolute atomic E-state index is 12.5. The van der Waals surface area contributed by atoms with E-state index in [1.165, 1.54) is 5.57 Å². The second-order valence-electron chi connectivity index (χ2n) is 7.91. The van der Waals surface area contributed by atoms with Crippen molar-refractivity contribution in [2.45, 2.75) is 83.3 Å². The van der Waals surface area contributed by atoms with Crippen molar-refractivity contribution in [1.29, 1.82) is 0 Å². The van der Waals surface area contributed by atoms with Crippen LogP contribution in [0.5, 0.6) is 0 Å². The van der Waals surface area contributed by atoms with E-state index in [4.69, 9.17) is 0 Å². The molecule has 0 bridgehead atoms. The highest BCUT2D eigenvalue weighted by Crippen LogP contribution is 2.31. The van der Waals surface area contributed by atoms with Gasteiger partial charge >= 0.3 is 0 Å². The number of unbranched alkanes of at least 4 members (excludes halogenated alkanes) is 2. The lowest BCUT2D eigenvalue weighted by Gasteiger charge is -2.25. The molecule has 3 rings (SSSR count). The van der Waals surface area contributed by atoms with Crippen molar-refractivity contribution in [3.05, 3.63) is 53.6 Å². The van der Waals surface area contributed by atoms with Crippen LogP contribution in [0.1, 0.15) is 82.8 Å². The van der Waals surface area contributed by atoms with Crippen LogP contribution in [0.4, 0.5) is 5.69 Å². The monoisotopic (exact) mass is 367 g/mol. The molecule has 1 fully saturated rings. The van der Waals surface area contributed by atoms with Crippen molar-refractivity contribution >= 4 is 11.6 Å². The van der Waals surface area contributed by atoms with Gasteiger partial charge in [0.05, 0.1) is 6.10 Å². The molecular formula is C24H33NO2. The maximum atomic E-state index is 12.5. The summed E-state index contributed by atoms with van der Waals surface area (Å²) in [5.74, 6) is 0.234. The second-order valence-corrected chi connectivity index (χ2v) is 7.91. The van der Waals surface area contributed by atoms with Gasteiger partial charge in [-0.15, -0.1) is 0 Å². The molecule has 0 spiro atoms. The lowest BCUT2D eigenvalue weighted by Crippen LogP contribution is -2.32. The first-order valence-electron chi connectivity index (χ1n) is 10.6. The minimum absolute atomic E-state index is 0.234. The standard InChI is InChI=1S/C24H33NO2/c1-2-3-4-12-23(26)20-13-15-22(16-14-20)25-21(17-18-24(25)27)11-7-10-19-8-5-6-9-19/h5-6,8,13-16,21,23,26H,2-4,7,9-12,17-18H2,1H3/t21-,23?/m1/s1. The van der Waals surface area contributed by atoms with Gasteiger partial charge in [-0.1, -0.05) is 62.1 Å². The fourth-order valence-electron chi connectivity index (χ4n) is 4.22. The molecule has 1 aliphatic heterocycles. The molecule has 2 atom stereocenters. The van der Waals surface area contributed by atoms with Gasteiger partial charge < -0.3 is 10.0 Å². The number of benzene rings is 1. The first-order chi connectivity index (χ1) is 13.2. The van der Waals surface area contributed by atoms with E-state index in [0.29, 0.717) is 12.5 Å². The number of nitrogens with zero attached hydrogens (tertiary/aromatic N) is 1. The van der Waals surface area contributed by atoms with Crippen molar-refractivity contribution in [2.75, 3.05) is 4.90 Å². The lowest BCUT2D eigenvalue weighted by atomic mass is 10.0. The number of carbonyl (C=O) groups excluding carboxylic acids is 1. The first kappa shape index (κ1) is 19.9. The smallest absolute Gasteiger partial charge is 0.227 e. The summed E-state index contributed by atoms with van der Waals surface area (Å²) < 4.78 is 0. The Bertz CT molecular complexity index is 674. The molecule has 1 unspecified atom stereocenters. The van der Waals surface area contributed by atoms with E-state index in [-0.39, 0.29) is 5.91 Å². The molecule has 1 amide bonds. The first-order valence-corrected chi connectivity index (χ1v) is 10.6. The van der Waals surface area contributed by atoms with Crippen LogP contribution in [0.15, 0.2) is 48.1 Å². The minimum atomic E-state index is -0.399. The van der Waals surface area contributed by atoms with Crippen LogP contribution in [0, 0.1) is 0 Å². The number of amides is 1. The molecule has 3 heteroatoms. The minimum Gasteiger partial charge on any atom is -0.388 e. The van der Waals surface area contributed by atoms with Gasteiger partial charge in [-0.3, -0.25) is 4.79 Å². The van der Waals surface area contributed by atoms with Gasteiger partial charge in [0.25, 0.3) is 0 Å². The molecule has 1 aromatic carbocycles. The van der Waals surface area contributed by atoms with E-state index in [1.54, 1.807) is 0 Å². The van der Waals surface area contributed by atoms with Crippen LogP contribution in [-0.2, 0) is 4.79 Å². The molecule has 1 heterocycles. The molecular weight excluding hydrogens is 334 g/mol. The van der Waals surface area contributed by atoms with E-state index < -0.39 is 6.10 Å². The maximum Gasteiger partial charge on any atom is 0.227 e. The molecule has 2 aliphatic rings. The molecule has 0 saturated carbocycles. The van der Waals surface area contributed by atoms with Gasteiger partial charge in [-0.2, -0.15) is 0 Å². The Morgan fingerprint density at radius 1 is 1.19 bits per heavy atom. The summed E-state index contributed by atoms with van der Waals surface area (Å²) in [5.41, 5.74) is 3.44. The van der Waals surface area contributed by atoms with E-state index in [2.05, 4.69) is 25.2 Å². The third kappa shape index (κ3) is 5.32. The number of aliphatic hydroxyl groups is 1. The largest absolute Gasteiger partial charge is 0.388 e. The topological polar surface area (TPSA) is 40.5 Å². The molecule has 1 N–H and O–H groups in total. The summed E-state index contributed by atoms with van der Waals surface area (Å²) >= 11 is 0. The average molecular weight is 368 g/mol. The normalized spacial score (nSPS) is 20.4. The Morgan fingerprint density at radius 3 is 2.70 bits per heavy atom. The predicted octanol–water partition coefficient (Wildman–Crippen LogP) is 5.85. The zero-order valence-corrected chi connectivity index (χ0v) is 16.6. The fraction of sp³-hybridized carbons (Fsp3) is 0.542. The molecule has 1 aromatic rings. The highest BCUT2D eigenvalue weighted by atomic mass is 16.3. The average Bonchev–Trinajstić information content (AvgIpc) is 3.32. The zero-order chi connectivity index (χ0) is 19.1. The Labute approximate surface area is 163 Å². The van der Waals surface area contributed by atoms with Crippen LogP contribution in [0.3, 0.4) is 0 Å². The fourth-order valence-corrected chi connectivity index (χ4v) is 4.22. The second kappa shape index (κ2) is 9.89. The van der Waals surface area contributed by atoms with Crippen LogP contribution in [0.25, 0.3) is 0 Å². The van der Waals surface area contributed by atoms with Crippen molar-refractivity contribution in [3.8, 4) is 0 Å². The van der Waals surface area contributed by atoms with Gasteiger partial charge in [-0.25, -0.2) is 0 Å². The van der Waals surface area contributed by atoms with Gasteiger partial charge in [-0.05, 0) is 56.2 Å². The SMILES string of the molecule is CCCCCC(O)c1ccc(N2C(=O)CC[C@H]2CCCC2=CC=CC2)cc1. The predicted molar refractivity (Wildman–Crippen MR) is 112 cm³/mol. The van der Waals surface area contributed by atoms with Crippen LogP contribution in [-0.4, -0.2) is 17.1 Å². The van der Waals surface area contributed by atoms with Crippen molar-refractivity contribution < 1.29 is 9.90 Å². The van der Waals surface area contributed by atoms with Crippen LogP contribution < -0.4 is 4.90 Å². The molecule has 3 nitrogen and oxygen atoms in total. The van der Waals surface area contributed by atoms with E-state index in [9.17, 15) is 9.90 Å². The zero-order valence-electron chi connectivity index (χ0n) is 16.6. The molecule has 1 saturated heterocycles. The van der Waals surface area contributed by atoms with Gasteiger partial charge in [0.2, 0.25) is 5.91 Å². The number of carbonyl (C=O) groups is 1. The summed E-state index contributed by atoms with van der Waals surface area (Å²) in [7, 11) is 0. The summed E-state index contributed by atoms with van der Waals surface area (Å²) in [6.45, 7) is 2.17. The number of hydrogen-bond donors (Lipinski definition) is 1. The van der Waals surface area contributed by atoms with Gasteiger partial charge in [0, 0.05) is 18.2 Å². The quantitative estimate of drug-likeness (QED) is 0.527. The number of hydrogen-bond acceptors (Lipinski definition) is 2. The van der Waals surface area contributed by atoms with Crippen molar-refractivity contribution in [3.63, 3.8) is 0 Å². The summed E-state index contributed by atoms with van der Waals surface area (Å²) in [6, 6.07) is 8.32. The number of anilines is 1. The Kier molecular flexibility index (Phi) is 7.28. The van der Waals surface area contributed by atoms with E-state index in [1.807, 2.05) is 29.2 Å². The summed E-state index contributed by atoms with van der Waals surface area (Å²) in [5, 5.41) is 10.3. The highest BCUT2D eigenvalue weighted by molar-refractivity contribution is 5.96.